The second-order valence-electron chi connectivity index (χ2n) is 10.4. The first-order valence-electron chi connectivity index (χ1n) is 14.0. The minimum atomic E-state index is -4.50. The van der Waals surface area contributed by atoms with Crippen LogP contribution < -0.4 is 19.7 Å². The Balaban J connectivity index is 1.27. The van der Waals surface area contributed by atoms with E-state index in [1.54, 1.807) is 24.4 Å². The van der Waals surface area contributed by atoms with Crippen molar-refractivity contribution in [2.45, 2.75) is 30.4 Å². The lowest BCUT2D eigenvalue weighted by Crippen LogP contribution is -2.34. The second-order valence-corrected chi connectivity index (χ2v) is 12.1. The van der Waals surface area contributed by atoms with Gasteiger partial charge in [-0.15, -0.1) is 0 Å². The summed E-state index contributed by atoms with van der Waals surface area (Å²) < 4.78 is 45.8. The van der Waals surface area contributed by atoms with Crippen molar-refractivity contribution in [2.24, 2.45) is 0 Å². The van der Waals surface area contributed by atoms with Gasteiger partial charge in [0.2, 0.25) is 5.88 Å². The summed E-state index contributed by atoms with van der Waals surface area (Å²) in [5.41, 5.74) is 1.48. The zero-order valence-electron chi connectivity index (χ0n) is 23.7. The molecule has 0 bridgehead atoms. The molecule has 14 nitrogen and oxygen atoms in total. The average molecular weight is 623 g/mol. The van der Waals surface area contributed by atoms with E-state index in [4.69, 9.17) is 14.2 Å². The molecule has 2 aromatic heterocycles. The largest absolute Gasteiger partial charge is 0.473 e. The molecule has 2 atom stereocenters. The molecule has 3 N–H and O–H groups in total. The summed E-state index contributed by atoms with van der Waals surface area (Å²) in [6, 6.07) is 13.8. The van der Waals surface area contributed by atoms with Crippen LogP contribution in [0.3, 0.4) is 0 Å². The van der Waals surface area contributed by atoms with E-state index < -0.39 is 31.4 Å². The molecule has 2 aromatic carbocycles. The number of sulfonamides is 1. The van der Waals surface area contributed by atoms with Gasteiger partial charge in [-0.05, 0) is 43.3 Å². The number of nitro groups is 1. The number of pyridine rings is 1. The molecule has 230 valence electrons. The molecule has 0 aliphatic carbocycles. The number of aromatic nitrogens is 2. The van der Waals surface area contributed by atoms with Gasteiger partial charge >= 0.3 is 0 Å². The third-order valence-electron chi connectivity index (χ3n) is 7.39. The number of amides is 1. The Hall–Kier alpha value is -4.73. The van der Waals surface area contributed by atoms with Crippen LogP contribution >= 0.6 is 0 Å². The molecule has 2 aliphatic heterocycles. The van der Waals surface area contributed by atoms with E-state index in [9.17, 15) is 23.3 Å². The molecule has 6 rings (SSSR count). The van der Waals surface area contributed by atoms with Gasteiger partial charge in [-0.3, -0.25) is 14.9 Å². The van der Waals surface area contributed by atoms with Crippen LogP contribution in [-0.4, -0.2) is 74.3 Å². The summed E-state index contributed by atoms with van der Waals surface area (Å²) in [7, 11) is -4.50. The Morgan fingerprint density at radius 1 is 1.16 bits per heavy atom. The van der Waals surface area contributed by atoms with Crippen LogP contribution in [0.5, 0.6) is 5.88 Å². The summed E-state index contributed by atoms with van der Waals surface area (Å²) in [5.74, 6) is -0.508. The van der Waals surface area contributed by atoms with Crippen molar-refractivity contribution >= 4 is 49.7 Å². The molecule has 4 aromatic rings. The molecule has 1 unspecified atom stereocenters. The SMILES string of the molecule is C[C@H]1CCN(c2ccccc2C(=O)NS(=O)(=O)c2ccc(NCC3COCCO3)c([N+](=O)[O-])c2)c2cc3cc[nH]c3nc2O1. The van der Waals surface area contributed by atoms with Gasteiger partial charge in [-0.1, -0.05) is 12.1 Å². The minimum absolute atomic E-state index is 0.0910. The lowest BCUT2D eigenvalue weighted by atomic mass is 10.1. The number of benzene rings is 2. The summed E-state index contributed by atoms with van der Waals surface area (Å²) >= 11 is 0. The van der Waals surface area contributed by atoms with Crippen molar-refractivity contribution in [1.82, 2.24) is 14.7 Å². The van der Waals surface area contributed by atoms with Gasteiger partial charge in [0, 0.05) is 37.2 Å². The van der Waals surface area contributed by atoms with Crippen molar-refractivity contribution in [3.05, 3.63) is 76.5 Å². The number of hydrogen-bond donors (Lipinski definition) is 3. The van der Waals surface area contributed by atoms with Gasteiger partial charge in [0.1, 0.15) is 17.0 Å². The number of carbonyl (C=O) groups excluding carboxylic acids is 1. The number of ether oxygens (including phenoxy) is 3. The number of carbonyl (C=O) groups is 1. The number of hydrogen-bond acceptors (Lipinski definition) is 11. The molecule has 0 spiro atoms. The average Bonchev–Trinajstić information content (AvgIpc) is 3.41. The lowest BCUT2D eigenvalue weighted by Gasteiger charge is -2.25. The number of anilines is 3. The fraction of sp³-hybridized carbons (Fsp3) is 0.310. The van der Waals surface area contributed by atoms with Crippen LogP contribution in [0, 0.1) is 10.1 Å². The first-order valence-corrected chi connectivity index (χ1v) is 15.5. The predicted molar refractivity (Wildman–Crippen MR) is 161 cm³/mol. The summed E-state index contributed by atoms with van der Waals surface area (Å²) in [6.45, 7) is 3.86. The highest BCUT2D eigenvalue weighted by Crippen LogP contribution is 2.39. The normalized spacial score (nSPS) is 18.6. The number of rotatable bonds is 8. The Morgan fingerprint density at radius 2 is 2.00 bits per heavy atom. The van der Waals surface area contributed by atoms with Crippen molar-refractivity contribution < 1.29 is 32.3 Å². The van der Waals surface area contributed by atoms with Crippen LogP contribution in [0.1, 0.15) is 23.7 Å². The van der Waals surface area contributed by atoms with Gasteiger partial charge in [0.05, 0.1) is 53.1 Å². The number of nitrogens with one attached hydrogen (secondary N) is 3. The number of nitrogens with zero attached hydrogens (tertiary/aromatic N) is 3. The van der Waals surface area contributed by atoms with Crippen molar-refractivity contribution in [3.8, 4) is 5.88 Å². The number of fused-ring (bicyclic) bond motifs is 2. The Kier molecular flexibility index (Phi) is 8.07. The van der Waals surface area contributed by atoms with E-state index in [0.29, 0.717) is 55.7 Å². The molecule has 1 saturated heterocycles. The van der Waals surface area contributed by atoms with E-state index in [1.165, 1.54) is 18.2 Å². The van der Waals surface area contributed by atoms with E-state index in [1.807, 2.05) is 24.0 Å². The highest BCUT2D eigenvalue weighted by atomic mass is 32.2. The monoisotopic (exact) mass is 622 g/mol. The Morgan fingerprint density at radius 3 is 2.80 bits per heavy atom. The first kappa shape index (κ1) is 29.3. The fourth-order valence-corrected chi connectivity index (χ4v) is 6.15. The fourth-order valence-electron chi connectivity index (χ4n) is 5.16. The molecule has 4 heterocycles. The predicted octanol–water partition coefficient (Wildman–Crippen LogP) is 3.73. The topological polar surface area (TPSA) is 178 Å². The van der Waals surface area contributed by atoms with Gasteiger partial charge in [-0.2, -0.15) is 4.98 Å². The maximum Gasteiger partial charge on any atom is 0.293 e. The van der Waals surface area contributed by atoms with Crippen LogP contribution in [-0.2, 0) is 19.5 Å². The van der Waals surface area contributed by atoms with Gasteiger partial charge in [-0.25, -0.2) is 13.1 Å². The molecule has 0 saturated carbocycles. The van der Waals surface area contributed by atoms with Crippen molar-refractivity contribution in [1.29, 1.82) is 0 Å². The molecule has 1 fully saturated rings. The molecule has 15 heteroatoms. The summed E-state index contributed by atoms with van der Waals surface area (Å²) in [4.78, 5) is 33.8. The first-order chi connectivity index (χ1) is 21.2. The number of nitro benzene ring substituents is 1. The van der Waals surface area contributed by atoms with Crippen LogP contribution in [0.4, 0.5) is 22.7 Å². The van der Waals surface area contributed by atoms with Gasteiger partial charge < -0.3 is 29.4 Å². The molecule has 2 aliphatic rings. The van der Waals surface area contributed by atoms with E-state index in [-0.39, 0.29) is 30.0 Å². The van der Waals surface area contributed by atoms with Crippen LogP contribution in [0.2, 0.25) is 0 Å². The smallest absolute Gasteiger partial charge is 0.293 e. The molecule has 1 amide bonds. The molecule has 0 radical (unpaired) electrons. The van der Waals surface area contributed by atoms with Crippen molar-refractivity contribution in [3.63, 3.8) is 0 Å². The highest BCUT2D eigenvalue weighted by Gasteiger charge is 2.29. The third-order valence-corrected chi connectivity index (χ3v) is 8.72. The van der Waals surface area contributed by atoms with Crippen LogP contribution in [0.25, 0.3) is 11.0 Å². The Labute approximate surface area is 252 Å². The van der Waals surface area contributed by atoms with E-state index in [2.05, 4.69) is 20.0 Å². The van der Waals surface area contributed by atoms with Crippen molar-refractivity contribution in [2.75, 3.05) is 43.1 Å². The minimum Gasteiger partial charge on any atom is -0.473 e. The molecule has 44 heavy (non-hydrogen) atoms. The number of aromatic amines is 1. The molecular weight excluding hydrogens is 592 g/mol. The van der Waals surface area contributed by atoms with Crippen LogP contribution in [0.15, 0.2) is 65.7 Å². The van der Waals surface area contributed by atoms with E-state index in [0.717, 1.165) is 11.5 Å². The quantitative estimate of drug-likeness (QED) is 0.193. The lowest BCUT2D eigenvalue weighted by molar-refractivity contribution is -0.384. The number of para-hydroxylation sites is 1. The Bertz CT molecular complexity index is 1820. The third kappa shape index (κ3) is 6.02. The standard InChI is InChI=1S/C29H30N6O8S/c1-18-9-11-34(26-14-19-8-10-30-27(19)32-29(26)43-18)24-5-3-2-4-22(24)28(36)33-44(39,40)21-6-7-23(25(15-21)35(37)38)31-16-20-17-41-12-13-42-20/h2-8,10,14-15,18,20,31H,9,11-13,16-17H2,1H3,(H,30,32)(H,33,36)/t18-,20?/m0/s1. The van der Waals surface area contributed by atoms with E-state index >= 15 is 0 Å². The summed E-state index contributed by atoms with van der Waals surface area (Å²) in [5, 5.41) is 15.6. The maximum atomic E-state index is 13.6. The zero-order chi connectivity index (χ0) is 30.8. The molecular formula is C29H30N6O8S. The summed E-state index contributed by atoms with van der Waals surface area (Å²) in [6.07, 6.45) is 1.92. The maximum absolute atomic E-state index is 13.6. The highest BCUT2D eigenvalue weighted by molar-refractivity contribution is 7.90. The second kappa shape index (κ2) is 12.1. The number of H-pyrrole nitrogens is 1. The zero-order valence-corrected chi connectivity index (χ0v) is 24.5. The van der Waals surface area contributed by atoms with Gasteiger partial charge in [0.25, 0.3) is 21.6 Å². The van der Waals surface area contributed by atoms with Gasteiger partial charge in [0.15, 0.2) is 0 Å².